The topological polar surface area (TPSA) is 29.5 Å². The van der Waals surface area contributed by atoms with Gasteiger partial charge >= 0.3 is 5.97 Å². The van der Waals surface area contributed by atoms with Crippen molar-refractivity contribution in [2.75, 3.05) is 0 Å². The van der Waals surface area contributed by atoms with E-state index in [0.717, 1.165) is 18.4 Å². The highest BCUT2D eigenvalue weighted by Gasteiger charge is 2.42. The van der Waals surface area contributed by atoms with Crippen LogP contribution in [0.15, 0.2) is 47.0 Å². The third kappa shape index (κ3) is 1.86. The van der Waals surface area contributed by atoms with E-state index in [9.17, 15) is 4.79 Å². The molecular formula is C16H15NO2S. The Bertz CT molecular complexity index is 621. The van der Waals surface area contributed by atoms with Crippen molar-refractivity contribution in [3.63, 3.8) is 0 Å². The number of allylic oxidation sites excluding steroid dienone is 1. The first-order chi connectivity index (χ1) is 9.83. The van der Waals surface area contributed by atoms with E-state index in [2.05, 4.69) is 4.31 Å². The third-order valence-electron chi connectivity index (χ3n) is 3.99. The van der Waals surface area contributed by atoms with Crippen molar-refractivity contribution in [1.29, 1.82) is 0 Å². The summed E-state index contributed by atoms with van der Waals surface area (Å²) in [6, 6.07) is 9.61. The molecule has 20 heavy (non-hydrogen) atoms. The van der Waals surface area contributed by atoms with Gasteiger partial charge in [0.1, 0.15) is 0 Å². The SMILES string of the molecule is O=C1OC(c2ccccc2)=CN2SC3=C(CCCC3)C12. The summed E-state index contributed by atoms with van der Waals surface area (Å²) in [6.07, 6.45) is 6.54. The molecule has 0 aromatic heterocycles. The van der Waals surface area contributed by atoms with Gasteiger partial charge in [0.2, 0.25) is 0 Å². The lowest BCUT2D eigenvalue weighted by molar-refractivity contribution is -0.140. The van der Waals surface area contributed by atoms with Crippen LogP contribution in [0.25, 0.3) is 5.76 Å². The van der Waals surface area contributed by atoms with Gasteiger partial charge < -0.3 is 4.74 Å². The van der Waals surface area contributed by atoms with Gasteiger partial charge in [0.25, 0.3) is 0 Å². The van der Waals surface area contributed by atoms with E-state index < -0.39 is 0 Å². The van der Waals surface area contributed by atoms with Crippen LogP contribution >= 0.6 is 11.9 Å². The quantitative estimate of drug-likeness (QED) is 0.581. The maximum atomic E-state index is 12.4. The highest BCUT2D eigenvalue weighted by molar-refractivity contribution is 8.01. The largest absolute Gasteiger partial charge is 0.422 e. The van der Waals surface area contributed by atoms with Gasteiger partial charge in [-0.15, -0.1) is 0 Å². The van der Waals surface area contributed by atoms with Crippen LogP contribution in [0.5, 0.6) is 0 Å². The Balaban J connectivity index is 1.69. The first-order valence-corrected chi connectivity index (χ1v) is 7.77. The zero-order valence-electron chi connectivity index (χ0n) is 11.0. The van der Waals surface area contributed by atoms with Crippen molar-refractivity contribution in [2.45, 2.75) is 31.7 Å². The fourth-order valence-corrected chi connectivity index (χ4v) is 4.31. The number of nitrogens with zero attached hydrogens (tertiary/aromatic N) is 1. The number of esters is 1. The predicted molar refractivity (Wildman–Crippen MR) is 79.2 cm³/mol. The number of cyclic esters (lactones) is 1. The van der Waals surface area contributed by atoms with Crippen LogP contribution in [0.2, 0.25) is 0 Å². The van der Waals surface area contributed by atoms with Crippen LogP contribution in [0.4, 0.5) is 0 Å². The zero-order valence-corrected chi connectivity index (χ0v) is 11.9. The van der Waals surface area contributed by atoms with E-state index in [1.807, 2.05) is 36.5 Å². The molecule has 0 fully saturated rings. The van der Waals surface area contributed by atoms with Gasteiger partial charge in [0.05, 0.1) is 6.20 Å². The van der Waals surface area contributed by atoms with Crippen LogP contribution in [0.1, 0.15) is 31.2 Å². The molecule has 1 aromatic rings. The molecular weight excluding hydrogens is 270 g/mol. The van der Waals surface area contributed by atoms with Crippen molar-refractivity contribution in [1.82, 2.24) is 4.31 Å². The molecule has 0 amide bonds. The average Bonchev–Trinajstić information content (AvgIpc) is 2.87. The Morgan fingerprint density at radius 2 is 1.95 bits per heavy atom. The van der Waals surface area contributed by atoms with Gasteiger partial charge in [0.15, 0.2) is 11.8 Å². The molecule has 102 valence electrons. The number of hydrogen-bond donors (Lipinski definition) is 0. The Kier molecular flexibility index (Phi) is 2.84. The second-order valence-electron chi connectivity index (χ2n) is 5.29. The maximum Gasteiger partial charge on any atom is 0.339 e. The lowest BCUT2D eigenvalue weighted by atomic mass is 9.93. The van der Waals surface area contributed by atoms with Crippen molar-refractivity contribution >= 4 is 23.7 Å². The Morgan fingerprint density at radius 1 is 1.15 bits per heavy atom. The van der Waals surface area contributed by atoms with Gasteiger partial charge in [-0.05, 0) is 43.2 Å². The van der Waals surface area contributed by atoms with Crippen molar-refractivity contribution in [3.05, 3.63) is 52.6 Å². The summed E-state index contributed by atoms with van der Waals surface area (Å²) < 4.78 is 7.64. The van der Waals surface area contributed by atoms with E-state index >= 15 is 0 Å². The number of carbonyl (C=O) groups is 1. The minimum atomic E-state index is -0.192. The fraction of sp³-hybridized carbons (Fsp3) is 0.312. The van der Waals surface area contributed by atoms with Crippen LogP contribution in [-0.4, -0.2) is 16.3 Å². The number of hydrogen-bond acceptors (Lipinski definition) is 4. The summed E-state index contributed by atoms with van der Waals surface area (Å²) in [5.41, 5.74) is 2.24. The number of rotatable bonds is 1. The zero-order chi connectivity index (χ0) is 13.5. The number of benzene rings is 1. The first kappa shape index (κ1) is 12.1. The predicted octanol–water partition coefficient (Wildman–Crippen LogP) is 3.70. The molecule has 1 aromatic carbocycles. The molecule has 0 spiro atoms. The maximum absolute atomic E-state index is 12.4. The lowest BCUT2D eigenvalue weighted by Crippen LogP contribution is -2.37. The minimum Gasteiger partial charge on any atom is -0.422 e. The molecule has 1 unspecified atom stereocenters. The van der Waals surface area contributed by atoms with Gasteiger partial charge in [-0.1, -0.05) is 30.3 Å². The minimum absolute atomic E-state index is 0.134. The molecule has 3 aliphatic rings. The third-order valence-corrected chi connectivity index (χ3v) is 5.21. The number of ether oxygens (including phenoxy) is 1. The Labute approximate surface area is 122 Å². The molecule has 1 aliphatic carbocycles. The van der Waals surface area contributed by atoms with E-state index in [-0.39, 0.29) is 12.0 Å². The molecule has 4 rings (SSSR count). The summed E-state index contributed by atoms with van der Waals surface area (Å²) in [4.78, 5) is 13.7. The summed E-state index contributed by atoms with van der Waals surface area (Å²) >= 11 is 1.72. The molecule has 4 heteroatoms. The fourth-order valence-electron chi connectivity index (χ4n) is 3.02. The van der Waals surface area contributed by atoms with Crippen molar-refractivity contribution in [3.8, 4) is 0 Å². The molecule has 0 saturated carbocycles. The normalized spacial score (nSPS) is 25.0. The summed E-state index contributed by atoms with van der Waals surface area (Å²) in [5.74, 6) is 0.518. The highest BCUT2D eigenvalue weighted by atomic mass is 32.2. The van der Waals surface area contributed by atoms with Crippen molar-refractivity contribution in [2.24, 2.45) is 0 Å². The number of fused-ring (bicyclic) bond motifs is 2. The van der Waals surface area contributed by atoms with E-state index in [0.29, 0.717) is 5.76 Å². The molecule has 1 atom stereocenters. The van der Waals surface area contributed by atoms with Crippen LogP contribution in [-0.2, 0) is 9.53 Å². The van der Waals surface area contributed by atoms with Crippen LogP contribution in [0, 0.1) is 0 Å². The average molecular weight is 285 g/mol. The van der Waals surface area contributed by atoms with E-state index in [1.54, 1.807) is 11.9 Å². The number of carbonyl (C=O) groups excluding carboxylic acids is 1. The van der Waals surface area contributed by atoms with Crippen LogP contribution < -0.4 is 0 Å². The highest BCUT2D eigenvalue weighted by Crippen LogP contribution is 2.48. The summed E-state index contributed by atoms with van der Waals surface area (Å²) in [6.45, 7) is 0. The first-order valence-electron chi connectivity index (χ1n) is 7.00. The molecule has 3 nitrogen and oxygen atoms in total. The second kappa shape index (κ2) is 4.70. The summed E-state index contributed by atoms with van der Waals surface area (Å²) in [5, 5.41) is 0. The van der Waals surface area contributed by atoms with Crippen LogP contribution in [0.3, 0.4) is 0 Å². The second-order valence-corrected chi connectivity index (χ2v) is 6.39. The molecule has 0 radical (unpaired) electrons. The molecule has 0 bridgehead atoms. The Morgan fingerprint density at radius 3 is 2.80 bits per heavy atom. The van der Waals surface area contributed by atoms with E-state index in [1.165, 1.54) is 23.3 Å². The lowest BCUT2D eigenvalue weighted by Gasteiger charge is -2.28. The standard InChI is InChI=1S/C16H15NO2S/c18-16-15-12-8-4-5-9-14(12)20-17(15)10-13(19-16)11-6-2-1-3-7-11/h1-3,6-7,10,15H,4-5,8-9H2. The Hall–Kier alpha value is -1.68. The molecule has 0 N–H and O–H groups in total. The molecule has 2 heterocycles. The molecule has 2 aliphatic heterocycles. The van der Waals surface area contributed by atoms with Gasteiger partial charge in [0, 0.05) is 10.5 Å². The summed E-state index contributed by atoms with van der Waals surface area (Å²) in [7, 11) is 0. The van der Waals surface area contributed by atoms with Crippen molar-refractivity contribution < 1.29 is 9.53 Å². The monoisotopic (exact) mass is 285 g/mol. The van der Waals surface area contributed by atoms with E-state index in [4.69, 9.17) is 4.74 Å². The molecule has 0 saturated heterocycles. The van der Waals surface area contributed by atoms with Gasteiger partial charge in [-0.3, -0.25) is 4.31 Å². The van der Waals surface area contributed by atoms with Gasteiger partial charge in [-0.2, -0.15) is 0 Å². The smallest absolute Gasteiger partial charge is 0.339 e. The van der Waals surface area contributed by atoms with Gasteiger partial charge in [-0.25, -0.2) is 4.79 Å².